The molecule has 4 rings (SSSR count). The van der Waals surface area contributed by atoms with Gasteiger partial charge in [0.1, 0.15) is 0 Å². The molecule has 0 spiro atoms. The van der Waals surface area contributed by atoms with E-state index in [9.17, 15) is 9.59 Å². The number of nitrogens with zero attached hydrogens (tertiary/aromatic N) is 4. The lowest BCUT2D eigenvalue weighted by Gasteiger charge is -2.32. The van der Waals surface area contributed by atoms with Gasteiger partial charge >= 0.3 is 5.97 Å². The van der Waals surface area contributed by atoms with Gasteiger partial charge in [-0.3, -0.25) is 14.2 Å². The van der Waals surface area contributed by atoms with Crippen LogP contribution < -0.4 is 0 Å². The molecule has 2 heterocycles. The number of hydrogen-bond donors (Lipinski definition) is 0. The maximum absolute atomic E-state index is 13.2. The van der Waals surface area contributed by atoms with Gasteiger partial charge < -0.3 is 9.64 Å². The molecule has 3 aromatic rings. The predicted octanol–water partition coefficient (Wildman–Crippen LogP) is 4.53. The lowest BCUT2D eigenvalue weighted by molar-refractivity contribution is -0.151. The SMILES string of the molecule is CCOC(=O)C1CCN(C(=O)C(C)Sc2nnc(-c3ccccc3)n2-c2ccc(C)cc2)CC1. The van der Waals surface area contributed by atoms with E-state index >= 15 is 0 Å². The topological polar surface area (TPSA) is 77.3 Å². The molecule has 0 bridgehead atoms. The minimum atomic E-state index is -0.337. The molecule has 1 aliphatic rings. The third-order valence-electron chi connectivity index (χ3n) is 6.01. The Hall–Kier alpha value is -3.13. The number of ether oxygens (including phenoxy) is 1. The van der Waals surface area contributed by atoms with Gasteiger partial charge in [0.2, 0.25) is 5.91 Å². The molecule has 0 aliphatic carbocycles. The first kappa shape index (κ1) is 24.0. The molecule has 2 aromatic carbocycles. The Morgan fingerprint density at radius 2 is 1.74 bits per heavy atom. The summed E-state index contributed by atoms with van der Waals surface area (Å²) in [6.45, 7) is 7.28. The zero-order chi connectivity index (χ0) is 24.1. The number of benzene rings is 2. The molecule has 178 valence electrons. The van der Waals surface area contributed by atoms with E-state index in [1.165, 1.54) is 17.3 Å². The van der Waals surface area contributed by atoms with Crippen molar-refractivity contribution in [1.29, 1.82) is 0 Å². The summed E-state index contributed by atoms with van der Waals surface area (Å²) in [7, 11) is 0. The van der Waals surface area contributed by atoms with Crippen molar-refractivity contribution in [3.05, 3.63) is 60.2 Å². The highest BCUT2D eigenvalue weighted by atomic mass is 32.2. The number of aryl methyl sites for hydroxylation is 1. The van der Waals surface area contributed by atoms with E-state index < -0.39 is 0 Å². The molecule has 1 aromatic heterocycles. The van der Waals surface area contributed by atoms with Crippen LogP contribution in [0.2, 0.25) is 0 Å². The first-order valence-corrected chi connectivity index (χ1v) is 12.6. The van der Waals surface area contributed by atoms with Crippen LogP contribution in [0, 0.1) is 12.8 Å². The van der Waals surface area contributed by atoms with Crippen LogP contribution in [-0.2, 0) is 14.3 Å². The van der Waals surface area contributed by atoms with E-state index in [0.717, 1.165) is 17.1 Å². The predicted molar refractivity (Wildman–Crippen MR) is 133 cm³/mol. The van der Waals surface area contributed by atoms with Crippen LogP contribution in [-0.4, -0.2) is 56.5 Å². The fourth-order valence-electron chi connectivity index (χ4n) is 4.11. The highest BCUT2D eigenvalue weighted by Crippen LogP contribution is 2.31. The summed E-state index contributed by atoms with van der Waals surface area (Å²) < 4.78 is 7.15. The van der Waals surface area contributed by atoms with Gasteiger partial charge in [0.25, 0.3) is 0 Å². The molecule has 1 atom stereocenters. The number of rotatable bonds is 7. The third-order valence-corrected chi connectivity index (χ3v) is 7.04. The van der Waals surface area contributed by atoms with Crippen molar-refractivity contribution in [3.63, 3.8) is 0 Å². The van der Waals surface area contributed by atoms with Gasteiger partial charge in [-0.15, -0.1) is 10.2 Å². The number of aromatic nitrogens is 3. The summed E-state index contributed by atoms with van der Waals surface area (Å²) in [5.74, 6) is 0.510. The van der Waals surface area contributed by atoms with E-state index in [4.69, 9.17) is 4.74 Å². The number of piperidine rings is 1. The molecule has 0 saturated carbocycles. The standard InChI is InChI=1S/C26H30N4O3S/c1-4-33-25(32)21-14-16-29(17-15-21)24(31)19(3)34-26-28-27-23(20-8-6-5-7-9-20)30(26)22-12-10-18(2)11-13-22/h5-13,19,21H,4,14-17H2,1-3H3. The molecule has 1 unspecified atom stereocenters. The van der Waals surface area contributed by atoms with Crippen molar-refractivity contribution in [1.82, 2.24) is 19.7 Å². The van der Waals surface area contributed by atoms with Crippen molar-refractivity contribution in [2.75, 3.05) is 19.7 Å². The van der Waals surface area contributed by atoms with Crippen LogP contribution in [0.5, 0.6) is 0 Å². The van der Waals surface area contributed by atoms with Crippen molar-refractivity contribution < 1.29 is 14.3 Å². The number of esters is 1. The fraction of sp³-hybridized carbons (Fsp3) is 0.385. The van der Waals surface area contributed by atoms with E-state index in [0.29, 0.717) is 37.7 Å². The largest absolute Gasteiger partial charge is 0.466 e. The molecule has 1 saturated heterocycles. The molecular formula is C26H30N4O3S. The summed E-state index contributed by atoms with van der Waals surface area (Å²) in [5, 5.41) is 9.27. The van der Waals surface area contributed by atoms with Crippen LogP contribution in [0.1, 0.15) is 32.3 Å². The van der Waals surface area contributed by atoms with Gasteiger partial charge in [-0.1, -0.05) is 59.8 Å². The summed E-state index contributed by atoms with van der Waals surface area (Å²) in [6, 6.07) is 18.1. The smallest absolute Gasteiger partial charge is 0.309 e. The zero-order valence-electron chi connectivity index (χ0n) is 19.8. The Labute approximate surface area is 204 Å². The molecule has 0 N–H and O–H groups in total. The number of likely N-dealkylation sites (tertiary alicyclic amines) is 1. The van der Waals surface area contributed by atoms with Gasteiger partial charge in [0.05, 0.1) is 17.8 Å². The first-order valence-electron chi connectivity index (χ1n) is 11.7. The highest BCUT2D eigenvalue weighted by molar-refractivity contribution is 8.00. The minimum absolute atomic E-state index is 0.0482. The van der Waals surface area contributed by atoms with Gasteiger partial charge in [-0.05, 0) is 45.7 Å². The number of thioether (sulfide) groups is 1. The fourth-order valence-corrected chi connectivity index (χ4v) is 5.06. The molecule has 8 heteroatoms. The van der Waals surface area contributed by atoms with Crippen LogP contribution >= 0.6 is 11.8 Å². The molecule has 1 aliphatic heterocycles. The van der Waals surface area contributed by atoms with E-state index in [1.807, 2.05) is 65.8 Å². The van der Waals surface area contributed by atoms with Crippen molar-refractivity contribution in [2.24, 2.45) is 5.92 Å². The van der Waals surface area contributed by atoms with E-state index in [1.54, 1.807) is 0 Å². The second kappa shape index (κ2) is 10.9. The van der Waals surface area contributed by atoms with Crippen LogP contribution in [0.3, 0.4) is 0 Å². The van der Waals surface area contributed by atoms with Gasteiger partial charge in [0, 0.05) is 24.3 Å². The minimum Gasteiger partial charge on any atom is -0.466 e. The maximum Gasteiger partial charge on any atom is 0.309 e. The van der Waals surface area contributed by atoms with Crippen LogP contribution in [0.15, 0.2) is 59.8 Å². The van der Waals surface area contributed by atoms with E-state index in [-0.39, 0.29) is 23.0 Å². The highest BCUT2D eigenvalue weighted by Gasteiger charge is 2.31. The summed E-state index contributed by atoms with van der Waals surface area (Å²) >= 11 is 1.41. The van der Waals surface area contributed by atoms with Gasteiger partial charge in [-0.2, -0.15) is 0 Å². The number of carbonyl (C=O) groups excluding carboxylic acids is 2. The second-order valence-corrected chi connectivity index (χ2v) is 9.76. The van der Waals surface area contributed by atoms with Gasteiger partial charge in [-0.25, -0.2) is 0 Å². The van der Waals surface area contributed by atoms with Crippen molar-refractivity contribution in [3.8, 4) is 17.1 Å². The molecular weight excluding hydrogens is 448 g/mol. The Bertz CT molecular complexity index is 1120. The Morgan fingerprint density at radius 3 is 2.38 bits per heavy atom. The normalized spacial score (nSPS) is 15.2. The molecule has 34 heavy (non-hydrogen) atoms. The van der Waals surface area contributed by atoms with Gasteiger partial charge in [0.15, 0.2) is 11.0 Å². The molecule has 7 nitrogen and oxygen atoms in total. The first-order chi connectivity index (χ1) is 16.5. The van der Waals surface area contributed by atoms with Crippen molar-refractivity contribution in [2.45, 2.75) is 44.0 Å². The average Bonchev–Trinajstić information content (AvgIpc) is 3.28. The summed E-state index contributed by atoms with van der Waals surface area (Å²) in [6.07, 6.45) is 1.28. The van der Waals surface area contributed by atoms with E-state index in [2.05, 4.69) is 29.3 Å². The Balaban J connectivity index is 1.52. The number of hydrogen-bond acceptors (Lipinski definition) is 6. The second-order valence-electron chi connectivity index (χ2n) is 8.45. The number of carbonyl (C=O) groups is 2. The summed E-state index contributed by atoms with van der Waals surface area (Å²) in [5.41, 5.74) is 3.08. The van der Waals surface area contributed by atoms with Crippen LogP contribution in [0.25, 0.3) is 17.1 Å². The maximum atomic E-state index is 13.2. The van der Waals surface area contributed by atoms with Crippen molar-refractivity contribution >= 4 is 23.6 Å². The Kier molecular flexibility index (Phi) is 7.67. The number of amides is 1. The monoisotopic (exact) mass is 478 g/mol. The lowest BCUT2D eigenvalue weighted by atomic mass is 9.97. The molecule has 1 fully saturated rings. The third kappa shape index (κ3) is 5.33. The molecule has 0 radical (unpaired) electrons. The Morgan fingerprint density at radius 1 is 1.06 bits per heavy atom. The molecule has 1 amide bonds. The zero-order valence-corrected chi connectivity index (χ0v) is 20.6. The quantitative estimate of drug-likeness (QED) is 0.367. The van der Waals surface area contributed by atoms with Crippen LogP contribution in [0.4, 0.5) is 0 Å². The average molecular weight is 479 g/mol. The summed E-state index contributed by atoms with van der Waals surface area (Å²) in [4.78, 5) is 27.1. The lowest BCUT2D eigenvalue weighted by Crippen LogP contribution is -2.43.